The molecule has 0 bridgehead atoms. The van der Waals surface area contributed by atoms with Crippen molar-refractivity contribution in [1.29, 1.82) is 0 Å². The highest BCUT2D eigenvalue weighted by Gasteiger charge is 2.51. The number of alkyl halides is 4. The van der Waals surface area contributed by atoms with Gasteiger partial charge in [0, 0.05) is 20.0 Å². The largest absolute Gasteiger partial charge is 0.523 e. The van der Waals surface area contributed by atoms with Crippen LogP contribution in [0.25, 0.3) is 0 Å². The van der Waals surface area contributed by atoms with Gasteiger partial charge in [0.1, 0.15) is 0 Å². The molecule has 2 aromatic rings. The van der Waals surface area contributed by atoms with Gasteiger partial charge in [-0.15, -0.1) is 0 Å². The van der Waals surface area contributed by atoms with Crippen molar-refractivity contribution < 1.29 is 25.2 Å². The number of hydrogen-bond acceptors (Lipinski definition) is 3. The Bertz CT molecular complexity index is 742. The highest BCUT2D eigenvalue weighted by Crippen LogP contribution is 2.65. The Morgan fingerprint density at radius 1 is 0.880 bits per heavy atom. The second-order valence-electron chi connectivity index (χ2n) is 5.02. The molecule has 0 atom stereocenters. The van der Waals surface area contributed by atoms with E-state index in [1.165, 1.54) is 0 Å². The third-order valence-corrected chi connectivity index (χ3v) is 9.21. The van der Waals surface area contributed by atoms with Gasteiger partial charge in [0.15, 0.2) is 0 Å². The van der Waals surface area contributed by atoms with Gasteiger partial charge in [0.2, 0.25) is 0 Å². The quantitative estimate of drug-likeness (QED) is 0.284. The van der Waals surface area contributed by atoms with Gasteiger partial charge >= 0.3 is 15.6 Å². The van der Waals surface area contributed by atoms with Gasteiger partial charge in [0.25, 0.3) is 0 Å². The van der Waals surface area contributed by atoms with Crippen molar-refractivity contribution in [2.45, 2.75) is 21.7 Å². The smallest absolute Gasteiger partial charge is 0.204 e. The van der Waals surface area contributed by atoms with E-state index in [0.29, 0.717) is 20.6 Å². The van der Waals surface area contributed by atoms with E-state index >= 15 is 0 Å². The number of hydrogen-bond donors (Lipinski definition) is 0. The fourth-order valence-electron chi connectivity index (χ4n) is 2.21. The van der Waals surface area contributed by atoms with Gasteiger partial charge in [-0.25, -0.2) is 3.63 Å². The Morgan fingerprint density at radius 2 is 1.32 bits per heavy atom. The van der Waals surface area contributed by atoms with Crippen LogP contribution in [0, 0.1) is 0 Å². The summed E-state index contributed by atoms with van der Waals surface area (Å²) in [5, 5.41) is 0. The maximum absolute atomic E-state index is 13.0. The summed E-state index contributed by atoms with van der Waals surface area (Å²) in [6.07, 6.45) is 0.521. The van der Waals surface area contributed by atoms with Crippen molar-refractivity contribution in [2.75, 3.05) is 10.2 Å². The second-order valence-corrected chi connectivity index (χ2v) is 10.7. The van der Waals surface area contributed by atoms with Crippen molar-refractivity contribution in [3.63, 3.8) is 0 Å². The third-order valence-electron chi connectivity index (χ3n) is 3.30. The first-order valence-corrected chi connectivity index (χ1v) is 11.9. The Hall–Kier alpha value is -0.780. The molecule has 0 aliphatic rings. The molecule has 0 heterocycles. The van der Waals surface area contributed by atoms with Crippen LogP contribution in [-0.4, -0.2) is 24.1 Å². The number of halogens is 4. The average molecular weight is 504 g/mol. The molecule has 0 N–H and O–H groups in total. The number of rotatable bonds is 7. The highest BCUT2D eigenvalue weighted by atomic mass is 127. The summed E-state index contributed by atoms with van der Waals surface area (Å²) in [5.41, 5.74) is -5.47. The topological polar surface area (TPSA) is 43.4 Å². The lowest BCUT2D eigenvalue weighted by Gasteiger charge is -2.39. The first kappa shape index (κ1) is 20.5. The van der Waals surface area contributed by atoms with Gasteiger partial charge in [-0.2, -0.15) is 21.6 Å². The molecule has 0 aliphatic carbocycles. The SMILES string of the molecule is O=S(=O)(OS(CCCI)(c1ccccc1)c1ccccc1)C(F)(F)F. The zero-order valence-electron chi connectivity index (χ0n) is 12.9. The van der Waals surface area contributed by atoms with E-state index in [4.69, 9.17) is 3.63 Å². The first-order valence-electron chi connectivity index (χ1n) is 7.22. The van der Waals surface area contributed by atoms with E-state index in [2.05, 4.69) is 22.6 Å². The van der Waals surface area contributed by atoms with Crippen molar-refractivity contribution in [1.82, 2.24) is 0 Å². The molecule has 2 aromatic carbocycles. The van der Waals surface area contributed by atoms with E-state index in [-0.39, 0.29) is 5.75 Å². The molecule has 0 unspecified atom stereocenters. The van der Waals surface area contributed by atoms with Crippen LogP contribution in [-0.2, 0) is 13.7 Å². The molecule has 0 radical (unpaired) electrons. The molecule has 0 amide bonds. The molecule has 9 heteroatoms. The molecule has 138 valence electrons. The predicted molar refractivity (Wildman–Crippen MR) is 101 cm³/mol. The molecule has 0 fully saturated rings. The van der Waals surface area contributed by atoms with Gasteiger partial charge in [-0.3, -0.25) is 0 Å². The Kier molecular flexibility index (Phi) is 6.80. The molecular weight excluding hydrogens is 488 g/mol. The Labute approximate surface area is 160 Å². The van der Waals surface area contributed by atoms with E-state index in [1.54, 1.807) is 60.7 Å². The maximum Gasteiger partial charge on any atom is 0.523 e. The zero-order chi connectivity index (χ0) is 18.6. The van der Waals surface area contributed by atoms with Crippen molar-refractivity contribution in [2.24, 2.45) is 0 Å². The van der Waals surface area contributed by atoms with E-state index in [1.807, 2.05) is 0 Å². The molecule has 0 spiro atoms. The maximum atomic E-state index is 13.0. The number of benzene rings is 2. The normalized spacial score (nSPS) is 13.6. The Morgan fingerprint density at radius 3 is 1.68 bits per heavy atom. The van der Waals surface area contributed by atoms with Gasteiger partial charge < -0.3 is 0 Å². The molecule has 25 heavy (non-hydrogen) atoms. The minimum atomic E-state index is -5.75. The van der Waals surface area contributed by atoms with Crippen LogP contribution in [0.1, 0.15) is 6.42 Å². The van der Waals surface area contributed by atoms with Crippen molar-refractivity contribution in [3.05, 3.63) is 60.7 Å². The summed E-state index contributed by atoms with van der Waals surface area (Å²) < 4.78 is 68.4. The average Bonchev–Trinajstić information content (AvgIpc) is 2.59. The van der Waals surface area contributed by atoms with Crippen LogP contribution >= 0.6 is 32.9 Å². The lowest BCUT2D eigenvalue weighted by atomic mass is 10.4. The summed E-state index contributed by atoms with van der Waals surface area (Å²) in [7, 11) is -8.62. The van der Waals surface area contributed by atoms with Gasteiger partial charge in [-0.05, 0) is 30.7 Å². The molecule has 0 saturated heterocycles. The molecule has 2 rings (SSSR count). The molecule has 3 nitrogen and oxygen atoms in total. The van der Waals surface area contributed by atoms with Crippen LogP contribution in [0.5, 0.6) is 0 Å². The fourth-order valence-corrected chi connectivity index (χ4v) is 8.03. The molecular formula is C16H16F3IO3S2. The third kappa shape index (κ3) is 4.69. The van der Waals surface area contributed by atoms with Crippen LogP contribution < -0.4 is 0 Å². The van der Waals surface area contributed by atoms with Crippen molar-refractivity contribution >= 4 is 43.0 Å². The lowest BCUT2D eigenvalue weighted by molar-refractivity contribution is -0.0496. The van der Waals surface area contributed by atoms with Crippen LogP contribution in [0.2, 0.25) is 0 Å². The molecule has 0 aromatic heterocycles. The summed E-state index contributed by atoms with van der Waals surface area (Å²) >= 11 is 2.11. The van der Waals surface area contributed by atoms with Crippen LogP contribution in [0.3, 0.4) is 0 Å². The highest BCUT2D eigenvalue weighted by molar-refractivity contribution is 14.1. The van der Waals surface area contributed by atoms with E-state index < -0.39 is 25.9 Å². The van der Waals surface area contributed by atoms with Crippen LogP contribution in [0.4, 0.5) is 13.2 Å². The second kappa shape index (κ2) is 8.28. The minimum Gasteiger partial charge on any atom is -0.204 e. The lowest BCUT2D eigenvalue weighted by Crippen LogP contribution is -2.28. The zero-order valence-corrected chi connectivity index (χ0v) is 16.7. The molecule has 0 aliphatic heterocycles. The van der Waals surface area contributed by atoms with E-state index in [0.717, 1.165) is 0 Å². The van der Waals surface area contributed by atoms with E-state index in [9.17, 15) is 21.6 Å². The summed E-state index contributed by atoms with van der Waals surface area (Å²) in [6.45, 7) is 0. The minimum absolute atomic E-state index is 0.180. The first-order chi connectivity index (χ1) is 11.7. The fraction of sp³-hybridized carbons (Fsp3) is 0.250. The standard InChI is InChI=1S/C16H16F3IO3S2/c17-16(18,19)25(21,22)23-24(13-7-12-20,14-8-3-1-4-9-14)15-10-5-2-6-11-15/h1-6,8-11H,7,12-13H2. The van der Waals surface area contributed by atoms with Crippen LogP contribution in [0.15, 0.2) is 70.5 Å². The van der Waals surface area contributed by atoms with Crippen molar-refractivity contribution in [3.8, 4) is 0 Å². The Balaban J connectivity index is 2.68. The summed E-state index contributed by atoms with van der Waals surface area (Å²) in [5.74, 6) is 0.180. The van der Waals surface area contributed by atoms with Gasteiger partial charge in [0.05, 0.1) is 0 Å². The predicted octanol–water partition coefficient (Wildman–Crippen LogP) is 5.52. The summed E-state index contributed by atoms with van der Waals surface area (Å²) in [4.78, 5) is 0.887. The monoisotopic (exact) mass is 504 g/mol. The summed E-state index contributed by atoms with van der Waals surface area (Å²) in [6, 6.07) is 16.5. The molecule has 0 saturated carbocycles. The van der Waals surface area contributed by atoms with Gasteiger partial charge in [-0.1, -0.05) is 69.3 Å².